The number of benzene rings is 4. The van der Waals surface area contributed by atoms with Gasteiger partial charge in [0.05, 0.1) is 51.9 Å². The molecule has 0 saturated carbocycles. The van der Waals surface area contributed by atoms with Crippen LogP contribution in [0, 0.1) is 46.5 Å². The Bertz CT molecular complexity index is 2390. The number of hydrogen-bond acceptors (Lipinski definition) is 14. The van der Waals surface area contributed by atoms with Gasteiger partial charge in [-0.2, -0.15) is 0 Å². The molecule has 4 rings (SSSR count). The Hall–Kier alpha value is -0.940. The van der Waals surface area contributed by atoms with Crippen LogP contribution in [-0.4, -0.2) is 85.6 Å². The van der Waals surface area contributed by atoms with Gasteiger partial charge in [0.15, 0.2) is 46.5 Å². The molecule has 0 aromatic heterocycles. The molecule has 0 amide bonds. The van der Waals surface area contributed by atoms with Gasteiger partial charge in [-0.05, 0) is 85.4 Å². The second-order valence-corrected chi connectivity index (χ2v) is 23.3. The quantitative estimate of drug-likeness (QED) is 0.00893. The van der Waals surface area contributed by atoms with Crippen molar-refractivity contribution in [2.75, 3.05) is 47.7 Å². The van der Waals surface area contributed by atoms with Crippen molar-refractivity contribution in [1.82, 2.24) is 0 Å². The van der Waals surface area contributed by atoms with Crippen LogP contribution in [0.2, 0.25) is 0 Å². The molecule has 0 aliphatic rings. The molecule has 70 heavy (non-hydrogen) atoms. The molecule has 0 bridgehead atoms. The fourth-order valence-corrected chi connectivity index (χ4v) is 11.5. The molecule has 0 N–H and O–H groups in total. The summed E-state index contributed by atoms with van der Waals surface area (Å²) < 4.78 is 193. The minimum atomic E-state index is -4.58. The van der Waals surface area contributed by atoms with Crippen LogP contribution in [0.1, 0.15) is 79.4 Å². The zero-order valence-electron chi connectivity index (χ0n) is 37.0. The van der Waals surface area contributed by atoms with E-state index in [1.165, 1.54) is 45.9 Å². The molecule has 2 unspecified atom stereocenters. The van der Waals surface area contributed by atoms with E-state index in [0.29, 0.717) is 46.2 Å². The Labute approximate surface area is 470 Å². The molecule has 4 aromatic carbocycles. The van der Waals surface area contributed by atoms with E-state index in [1.54, 1.807) is 24.3 Å². The molecule has 10 nitrogen and oxygen atoms in total. The van der Waals surface area contributed by atoms with Gasteiger partial charge in [-0.25, -0.2) is 61.5 Å². The van der Waals surface area contributed by atoms with Crippen LogP contribution in [-0.2, 0) is 42.6 Å². The average molecular weight is 1160 g/mol. The maximum Gasteiger partial charge on any atom is 1.00 e. The van der Waals surface area contributed by atoms with E-state index >= 15 is 0 Å². The van der Waals surface area contributed by atoms with Crippen LogP contribution in [0.5, 0.6) is 0 Å². The maximum atomic E-state index is 14.8. The largest absolute Gasteiger partial charge is 1.00 e. The summed E-state index contributed by atoms with van der Waals surface area (Å²) in [5.74, 6) is -16.3. The first-order chi connectivity index (χ1) is 32.0. The van der Waals surface area contributed by atoms with Crippen molar-refractivity contribution < 1.29 is 139 Å². The summed E-state index contributed by atoms with van der Waals surface area (Å²) in [6.45, 7) is 0.0791. The van der Waals surface area contributed by atoms with Crippen LogP contribution < -0.4 is 59.1 Å². The van der Waals surface area contributed by atoms with E-state index in [2.05, 4.69) is 0 Å². The van der Waals surface area contributed by atoms with E-state index in [0.717, 1.165) is 0 Å². The van der Waals surface area contributed by atoms with E-state index < -0.39 is 122 Å². The standard InChI is InChI=1S/C42H40Cl2F8O10S6.2Na/c43-27(29-31(45)35(49)39(36(50)32(29)46)63-17-1-21-67(55,56)57)13-7-23-3-9-25(10-4-23)41(53)61-15-19-65-66-20-16-62-42(54)26-11-5-24(6-12-26)8-14-28(44)30-33(47)37(51)40(38(52)34(30)48)64-18-2-22-68(58,59)60;;/h3-6,9-12,27-28H,1-2,7-8,13-22H2,(H,55,56,57)(H,58,59,60);;/q;2*+1/p-2. The third kappa shape index (κ3) is 20.3. The number of halogens is 10. The zero-order valence-corrected chi connectivity index (χ0v) is 47.4. The molecular formula is C42H38Cl2F8Na2O10S6. The molecule has 0 saturated heterocycles. The van der Waals surface area contributed by atoms with E-state index in [-0.39, 0.29) is 133 Å². The van der Waals surface area contributed by atoms with Gasteiger partial charge >= 0.3 is 71.1 Å². The monoisotopic (exact) mass is 1160 g/mol. The predicted molar refractivity (Wildman–Crippen MR) is 245 cm³/mol. The van der Waals surface area contributed by atoms with Crippen LogP contribution in [0.4, 0.5) is 35.1 Å². The fraction of sp³-hybridized carbons (Fsp3) is 0.381. The number of ether oxygens (including phenoxy) is 2. The fourth-order valence-electron chi connectivity index (χ4n) is 5.99. The topological polar surface area (TPSA) is 167 Å². The first kappa shape index (κ1) is 65.2. The number of thioether (sulfide) groups is 2. The first-order valence-electron chi connectivity index (χ1n) is 19.9. The first-order valence-corrected chi connectivity index (χ1v) is 28.4. The molecule has 0 aliphatic heterocycles. The Morgan fingerprint density at radius 2 is 0.814 bits per heavy atom. The summed E-state index contributed by atoms with van der Waals surface area (Å²) in [6, 6.07) is 12.0. The van der Waals surface area contributed by atoms with Gasteiger partial charge < -0.3 is 18.6 Å². The van der Waals surface area contributed by atoms with Gasteiger partial charge in [0.25, 0.3) is 0 Å². The second kappa shape index (κ2) is 31.2. The minimum Gasteiger partial charge on any atom is -0.748 e. The van der Waals surface area contributed by atoms with Crippen molar-refractivity contribution in [1.29, 1.82) is 0 Å². The van der Waals surface area contributed by atoms with Gasteiger partial charge in [0, 0.05) is 34.1 Å². The average Bonchev–Trinajstić information content (AvgIpc) is 3.28. The number of alkyl halides is 2. The summed E-state index contributed by atoms with van der Waals surface area (Å²) in [5.41, 5.74) is -0.455. The number of rotatable bonds is 27. The normalized spacial score (nSPS) is 12.5. The molecule has 0 heterocycles. The third-order valence-corrected chi connectivity index (χ3v) is 16.4. The smallest absolute Gasteiger partial charge is 0.748 e. The molecule has 0 radical (unpaired) electrons. The SMILES string of the molecule is O=C(OCCSSCCOC(=O)c1ccc(CCC(Cl)c2c(F)c(F)c(SCCCS(=O)(=O)[O-])c(F)c2F)cc1)c1ccc(CCC(Cl)c2c(F)c(F)c(SCCCS(=O)(=O)[O-])c(F)c2F)cc1.[Na+].[Na+]. The van der Waals surface area contributed by atoms with Crippen LogP contribution in [0.15, 0.2) is 58.3 Å². The van der Waals surface area contributed by atoms with Crippen LogP contribution >= 0.6 is 68.3 Å². The van der Waals surface area contributed by atoms with Crippen molar-refractivity contribution in [2.45, 2.75) is 59.1 Å². The number of hydrogen-bond donors (Lipinski definition) is 0. The van der Waals surface area contributed by atoms with Crippen molar-refractivity contribution in [3.63, 3.8) is 0 Å². The molecule has 0 aliphatic carbocycles. The Morgan fingerprint density at radius 3 is 1.10 bits per heavy atom. The van der Waals surface area contributed by atoms with Crippen LogP contribution in [0.25, 0.3) is 0 Å². The molecule has 0 fully saturated rings. The van der Waals surface area contributed by atoms with Gasteiger partial charge in [0.2, 0.25) is 0 Å². The van der Waals surface area contributed by atoms with Gasteiger partial charge in [-0.15, -0.1) is 46.7 Å². The Kier molecular flexibility index (Phi) is 29.0. The van der Waals surface area contributed by atoms with Crippen molar-refractivity contribution in [3.8, 4) is 0 Å². The third-order valence-electron chi connectivity index (χ3n) is 9.35. The van der Waals surface area contributed by atoms with Crippen molar-refractivity contribution in [2.24, 2.45) is 0 Å². The predicted octanol–water partition coefficient (Wildman–Crippen LogP) is 5.08. The molecular weight excluding hydrogens is 1130 g/mol. The second-order valence-electron chi connectivity index (χ2n) is 14.2. The Morgan fingerprint density at radius 1 is 0.514 bits per heavy atom. The van der Waals surface area contributed by atoms with E-state index in [4.69, 9.17) is 32.7 Å². The van der Waals surface area contributed by atoms with Gasteiger partial charge in [0.1, 0.15) is 13.2 Å². The molecule has 2 atom stereocenters. The summed E-state index contributed by atoms with van der Waals surface area (Å²) in [7, 11) is -6.46. The summed E-state index contributed by atoms with van der Waals surface area (Å²) in [4.78, 5) is 23.0. The number of carbonyl (C=O) groups is 2. The number of carbonyl (C=O) groups excluding carboxylic acids is 2. The van der Waals surface area contributed by atoms with Gasteiger partial charge in [-0.3, -0.25) is 0 Å². The summed E-state index contributed by atoms with van der Waals surface area (Å²) in [5, 5.41) is -2.97. The number of aryl methyl sites for hydroxylation is 2. The maximum absolute atomic E-state index is 14.8. The van der Waals surface area contributed by atoms with E-state index in [9.17, 15) is 70.7 Å². The number of esters is 2. The molecule has 4 aromatic rings. The Balaban J connectivity index is 0.00000840. The van der Waals surface area contributed by atoms with Gasteiger partial charge in [-0.1, -0.05) is 45.9 Å². The van der Waals surface area contributed by atoms with Crippen molar-refractivity contribution in [3.05, 3.63) is 128 Å². The zero-order chi connectivity index (χ0) is 50.3. The van der Waals surface area contributed by atoms with Crippen molar-refractivity contribution >= 4 is 100 Å². The van der Waals surface area contributed by atoms with E-state index in [1.807, 2.05) is 0 Å². The van der Waals surface area contributed by atoms with Crippen LogP contribution in [0.3, 0.4) is 0 Å². The molecule has 0 spiro atoms. The molecule has 28 heteroatoms. The minimum absolute atomic E-state index is 0. The molecule has 374 valence electrons. The summed E-state index contributed by atoms with van der Waals surface area (Å²) in [6.07, 6.45) is -0.672. The summed E-state index contributed by atoms with van der Waals surface area (Å²) >= 11 is 13.0.